The zero-order valence-corrected chi connectivity index (χ0v) is 13.4. The van der Waals surface area contributed by atoms with E-state index in [0.29, 0.717) is 17.9 Å². The Bertz CT molecular complexity index is 766. The molecule has 0 aromatic heterocycles. The van der Waals surface area contributed by atoms with E-state index in [1.54, 1.807) is 24.3 Å². The molecule has 6 heteroatoms. The van der Waals surface area contributed by atoms with E-state index in [1.807, 2.05) is 0 Å². The average molecular weight is 330 g/mol. The molecule has 126 valence electrons. The lowest BCUT2D eigenvalue weighted by atomic mass is 9.89. The van der Waals surface area contributed by atoms with Crippen LogP contribution in [0.25, 0.3) is 0 Å². The van der Waals surface area contributed by atoms with Crippen molar-refractivity contribution in [2.24, 2.45) is 5.92 Å². The highest BCUT2D eigenvalue weighted by molar-refractivity contribution is 6.05. The van der Waals surface area contributed by atoms with Crippen LogP contribution in [0, 0.1) is 5.92 Å². The van der Waals surface area contributed by atoms with Crippen LogP contribution in [0.15, 0.2) is 30.3 Å². The number of ether oxygens (including phenoxy) is 3. The summed E-state index contributed by atoms with van der Waals surface area (Å²) in [6, 6.07) is 8.01. The number of hydrogen-bond acceptors (Lipinski definition) is 6. The summed E-state index contributed by atoms with van der Waals surface area (Å²) in [4.78, 5) is 12.8. The summed E-state index contributed by atoms with van der Waals surface area (Å²) >= 11 is 0. The van der Waals surface area contributed by atoms with Gasteiger partial charge >= 0.3 is 0 Å². The van der Waals surface area contributed by atoms with E-state index in [9.17, 15) is 15.0 Å². The predicted octanol–water partition coefficient (Wildman–Crippen LogP) is 2.55. The van der Waals surface area contributed by atoms with Gasteiger partial charge in [0.15, 0.2) is 17.3 Å². The molecule has 1 aliphatic heterocycles. The molecule has 0 spiro atoms. The van der Waals surface area contributed by atoms with Crippen LogP contribution in [-0.4, -0.2) is 36.8 Å². The fraction of sp³-hybridized carbons (Fsp3) is 0.278. The van der Waals surface area contributed by atoms with Gasteiger partial charge in [-0.2, -0.15) is 0 Å². The van der Waals surface area contributed by atoms with Crippen LogP contribution >= 0.6 is 0 Å². The molecule has 0 unspecified atom stereocenters. The van der Waals surface area contributed by atoms with Crippen LogP contribution in [0.5, 0.6) is 28.7 Å². The number of carbonyl (C=O) groups excluding carboxylic acids is 1. The molecule has 0 bridgehead atoms. The Balaban J connectivity index is 1.94. The van der Waals surface area contributed by atoms with Crippen molar-refractivity contribution in [3.63, 3.8) is 0 Å². The predicted molar refractivity (Wildman–Crippen MR) is 86.3 cm³/mol. The smallest absolute Gasteiger partial charge is 0.204 e. The maximum Gasteiger partial charge on any atom is 0.204 e. The summed E-state index contributed by atoms with van der Waals surface area (Å²) in [5, 5.41) is 19.5. The Morgan fingerprint density at radius 2 is 1.88 bits per heavy atom. The quantitative estimate of drug-likeness (QED) is 0.896. The zero-order valence-electron chi connectivity index (χ0n) is 13.4. The van der Waals surface area contributed by atoms with Gasteiger partial charge in [-0.25, -0.2) is 0 Å². The van der Waals surface area contributed by atoms with Gasteiger partial charge in [0.1, 0.15) is 17.1 Å². The van der Waals surface area contributed by atoms with Crippen LogP contribution in [0.3, 0.4) is 0 Å². The SMILES string of the molecule is COc1cc(O)c2c(c1OC)OC[C@H](Cc1ccc(O)cc1)C2=O. The summed E-state index contributed by atoms with van der Waals surface area (Å²) in [5.41, 5.74) is 1.01. The lowest BCUT2D eigenvalue weighted by molar-refractivity contribution is 0.0820. The summed E-state index contributed by atoms with van der Waals surface area (Å²) in [7, 11) is 2.90. The highest BCUT2D eigenvalue weighted by Gasteiger charge is 2.35. The number of phenolic OH excluding ortho intramolecular Hbond substituents is 2. The molecule has 1 atom stereocenters. The van der Waals surface area contributed by atoms with E-state index in [0.717, 1.165) is 5.56 Å². The molecular formula is C18H18O6. The number of carbonyl (C=O) groups is 1. The van der Waals surface area contributed by atoms with Gasteiger partial charge in [-0.3, -0.25) is 4.79 Å². The number of aromatic hydroxyl groups is 2. The van der Waals surface area contributed by atoms with Crippen molar-refractivity contribution in [1.29, 1.82) is 0 Å². The minimum atomic E-state index is -0.425. The van der Waals surface area contributed by atoms with Crippen molar-refractivity contribution in [3.8, 4) is 28.7 Å². The van der Waals surface area contributed by atoms with Gasteiger partial charge in [0.25, 0.3) is 0 Å². The molecular weight excluding hydrogens is 312 g/mol. The van der Waals surface area contributed by atoms with Crippen molar-refractivity contribution in [2.75, 3.05) is 20.8 Å². The van der Waals surface area contributed by atoms with Gasteiger partial charge in [-0.05, 0) is 24.1 Å². The number of ketones is 1. The minimum absolute atomic E-state index is 0.114. The lowest BCUT2D eigenvalue weighted by Gasteiger charge is -2.27. The molecule has 0 fully saturated rings. The van der Waals surface area contributed by atoms with E-state index >= 15 is 0 Å². The molecule has 1 heterocycles. The molecule has 2 N–H and O–H groups in total. The molecule has 3 rings (SSSR count). The highest BCUT2D eigenvalue weighted by atomic mass is 16.5. The average Bonchev–Trinajstić information content (AvgIpc) is 2.58. The summed E-state index contributed by atoms with van der Waals surface area (Å²) in [5.74, 6) is 0.156. The van der Waals surface area contributed by atoms with Gasteiger partial charge in [-0.1, -0.05) is 12.1 Å². The van der Waals surface area contributed by atoms with Crippen LogP contribution < -0.4 is 14.2 Å². The topological polar surface area (TPSA) is 85.2 Å². The second kappa shape index (κ2) is 6.31. The van der Waals surface area contributed by atoms with E-state index in [4.69, 9.17) is 14.2 Å². The van der Waals surface area contributed by atoms with Crippen molar-refractivity contribution in [2.45, 2.75) is 6.42 Å². The zero-order chi connectivity index (χ0) is 17.3. The molecule has 0 amide bonds. The minimum Gasteiger partial charge on any atom is -0.508 e. The fourth-order valence-electron chi connectivity index (χ4n) is 2.86. The summed E-state index contributed by atoms with van der Waals surface area (Å²) in [6.07, 6.45) is 0.451. The van der Waals surface area contributed by atoms with Crippen molar-refractivity contribution >= 4 is 5.78 Å². The molecule has 2 aromatic carbocycles. The number of methoxy groups -OCH3 is 2. The number of benzene rings is 2. The number of fused-ring (bicyclic) bond motifs is 1. The standard InChI is InChI=1S/C18H18O6/c1-22-14-8-13(20)15-16(21)11(9-24-18(15)17(14)23-2)7-10-3-5-12(19)6-4-10/h3-6,8,11,19-20H,7,9H2,1-2H3/t11-/m0/s1. The Morgan fingerprint density at radius 1 is 1.17 bits per heavy atom. The number of phenols is 2. The van der Waals surface area contributed by atoms with Crippen LogP contribution in [0.1, 0.15) is 15.9 Å². The second-order valence-corrected chi connectivity index (χ2v) is 5.58. The third-order valence-corrected chi connectivity index (χ3v) is 4.07. The molecule has 6 nitrogen and oxygen atoms in total. The normalized spacial score (nSPS) is 16.2. The molecule has 24 heavy (non-hydrogen) atoms. The third kappa shape index (κ3) is 2.71. The van der Waals surface area contributed by atoms with Crippen LogP contribution in [0.4, 0.5) is 0 Å². The second-order valence-electron chi connectivity index (χ2n) is 5.58. The Kier molecular flexibility index (Phi) is 4.20. The van der Waals surface area contributed by atoms with Crippen molar-refractivity contribution < 1.29 is 29.2 Å². The van der Waals surface area contributed by atoms with Gasteiger partial charge in [0.05, 0.1) is 26.7 Å². The third-order valence-electron chi connectivity index (χ3n) is 4.07. The van der Waals surface area contributed by atoms with E-state index in [1.165, 1.54) is 20.3 Å². The molecule has 0 aliphatic carbocycles. The Hall–Kier alpha value is -2.89. The van der Waals surface area contributed by atoms with Gasteiger partial charge in [0, 0.05) is 6.07 Å². The number of rotatable bonds is 4. The maximum atomic E-state index is 12.8. The van der Waals surface area contributed by atoms with Gasteiger partial charge in [-0.15, -0.1) is 0 Å². The monoisotopic (exact) mass is 330 g/mol. The Morgan fingerprint density at radius 3 is 2.50 bits per heavy atom. The fourth-order valence-corrected chi connectivity index (χ4v) is 2.86. The highest BCUT2D eigenvalue weighted by Crippen LogP contribution is 2.47. The molecule has 0 saturated carbocycles. The molecule has 1 aliphatic rings. The summed E-state index contributed by atoms with van der Waals surface area (Å²) in [6.45, 7) is 0.176. The first-order valence-electron chi connectivity index (χ1n) is 7.48. The Labute approximate surface area is 139 Å². The molecule has 0 radical (unpaired) electrons. The largest absolute Gasteiger partial charge is 0.508 e. The molecule has 0 saturated heterocycles. The maximum absolute atomic E-state index is 12.8. The van der Waals surface area contributed by atoms with Gasteiger partial charge < -0.3 is 24.4 Å². The first-order valence-corrected chi connectivity index (χ1v) is 7.48. The number of hydrogen-bond donors (Lipinski definition) is 2. The van der Waals surface area contributed by atoms with E-state index < -0.39 is 5.92 Å². The van der Waals surface area contributed by atoms with Crippen molar-refractivity contribution in [1.82, 2.24) is 0 Å². The van der Waals surface area contributed by atoms with E-state index in [2.05, 4.69) is 0 Å². The van der Waals surface area contributed by atoms with Gasteiger partial charge in [0.2, 0.25) is 5.75 Å². The van der Waals surface area contributed by atoms with E-state index in [-0.39, 0.29) is 35.2 Å². The summed E-state index contributed by atoms with van der Waals surface area (Å²) < 4.78 is 16.1. The van der Waals surface area contributed by atoms with Crippen LogP contribution in [-0.2, 0) is 6.42 Å². The van der Waals surface area contributed by atoms with Crippen molar-refractivity contribution in [3.05, 3.63) is 41.5 Å². The number of Topliss-reactive ketones (excluding diaryl/α,β-unsaturated/α-hetero) is 1. The first kappa shape index (κ1) is 16.0. The van der Waals surface area contributed by atoms with Crippen LogP contribution in [0.2, 0.25) is 0 Å². The molecule has 2 aromatic rings. The first-order chi connectivity index (χ1) is 11.5. The lowest BCUT2D eigenvalue weighted by Crippen LogP contribution is -2.30.